The van der Waals surface area contributed by atoms with Crippen molar-refractivity contribution in [3.8, 4) is 11.5 Å². The van der Waals surface area contributed by atoms with E-state index in [9.17, 15) is 31.0 Å². The maximum absolute atomic E-state index is 13.2. The number of β-lactam (4-membered cyclic amide) rings is 1. The smallest absolute Gasteiger partial charge is 0.362 e. The van der Waals surface area contributed by atoms with Crippen LogP contribution in [0.25, 0.3) is 0 Å². The Labute approximate surface area is 224 Å². The maximum atomic E-state index is 13.2. The zero-order valence-electron chi connectivity index (χ0n) is 20.2. The van der Waals surface area contributed by atoms with Crippen molar-refractivity contribution in [1.29, 1.82) is 0 Å². The van der Waals surface area contributed by atoms with E-state index in [-0.39, 0.29) is 23.6 Å². The number of benzene rings is 3. The van der Waals surface area contributed by atoms with Crippen LogP contribution in [0.3, 0.4) is 0 Å². The molecular weight excluding hydrogens is 548 g/mol. The second kappa shape index (κ2) is 8.79. The molecule has 13 heteroatoms. The summed E-state index contributed by atoms with van der Waals surface area (Å²) in [5.41, 5.74) is 1.39. The molecule has 202 valence electrons. The van der Waals surface area contributed by atoms with E-state index in [1.54, 1.807) is 0 Å². The van der Waals surface area contributed by atoms with Crippen LogP contribution in [-0.2, 0) is 35.5 Å². The first kappa shape index (κ1) is 25.3. The minimum Gasteiger partial charge on any atom is -0.440 e. The molecule has 3 aliphatic rings. The van der Waals surface area contributed by atoms with Crippen molar-refractivity contribution >= 4 is 32.0 Å². The normalized spacial score (nSPS) is 21.4. The van der Waals surface area contributed by atoms with Gasteiger partial charge in [0.1, 0.15) is 11.8 Å². The highest BCUT2D eigenvalue weighted by Crippen LogP contribution is 2.48. The monoisotopic (exact) mass is 570 g/mol. The standard InChI is InChI=1S/C26H22N2O9S2/c29-23(27-14-13-20-24(27)25(30)28(20)39(33,34)35)16-38(31,32)19-11-12-21-22(15-19)37-26(36-21,17-7-3-1-4-8-17)18-9-5-2-6-10-18/h1-12,15,20,24H,13-14,16H2,(H,33,34,35)/t20-,24+/m1/s1. The number of hydrogen-bond donors (Lipinski definition) is 1. The van der Waals surface area contributed by atoms with E-state index in [4.69, 9.17) is 9.47 Å². The number of ether oxygens (including phenoxy) is 2. The lowest BCUT2D eigenvalue weighted by atomic mass is 9.97. The molecule has 0 saturated carbocycles. The first-order valence-corrected chi connectivity index (χ1v) is 15.0. The molecular formula is C26H22N2O9S2. The van der Waals surface area contributed by atoms with Gasteiger partial charge in [-0.05, 0) is 18.6 Å². The summed E-state index contributed by atoms with van der Waals surface area (Å²) >= 11 is 0. The zero-order chi connectivity index (χ0) is 27.6. The number of fused-ring (bicyclic) bond motifs is 2. The van der Waals surface area contributed by atoms with Crippen LogP contribution in [0.2, 0.25) is 0 Å². The van der Waals surface area contributed by atoms with Gasteiger partial charge in [-0.25, -0.2) is 12.7 Å². The lowest BCUT2D eigenvalue weighted by molar-refractivity contribution is -0.150. The summed E-state index contributed by atoms with van der Waals surface area (Å²) in [4.78, 5) is 26.1. The summed E-state index contributed by atoms with van der Waals surface area (Å²) in [5.74, 6) is -3.59. The van der Waals surface area contributed by atoms with Crippen LogP contribution in [0.15, 0.2) is 83.8 Å². The lowest BCUT2D eigenvalue weighted by Crippen LogP contribution is -2.68. The van der Waals surface area contributed by atoms with E-state index in [1.165, 1.54) is 18.2 Å². The predicted octanol–water partition coefficient (Wildman–Crippen LogP) is 1.75. The minimum absolute atomic E-state index is 0.0146. The van der Waals surface area contributed by atoms with E-state index >= 15 is 0 Å². The van der Waals surface area contributed by atoms with Crippen molar-refractivity contribution in [3.05, 3.63) is 90.0 Å². The van der Waals surface area contributed by atoms with E-state index in [1.807, 2.05) is 60.7 Å². The molecule has 11 nitrogen and oxygen atoms in total. The number of carbonyl (C=O) groups is 2. The minimum atomic E-state index is -4.75. The number of amides is 2. The fourth-order valence-corrected chi connectivity index (χ4v) is 7.44. The molecule has 3 aromatic carbocycles. The van der Waals surface area contributed by atoms with Gasteiger partial charge < -0.3 is 14.4 Å². The molecule has 6 rings (SSSR count). The van der Waals surface area contributed by atoms with Crippen LogP contribution < -0.4 is 9.47 Å². The van der Waals surface area contributed by atoms with Crippen LogP contribution in [0.4, 0.5) is 0 Å². The molecule has 0 aromatic heterocycles. The Morgan fingerprint density at radius 2 is 1.49 bits per heavy atom. The molecule has 3 aliphatic heterocycles. The van der Waals surface area contributed by atoms with Gasteiger partial charge in [0.15, 0.2) is 21.3 Å². The number of rotatable bonds is 6. The quantitative estimate of drug-likeness (QED) is 0.346. The molecule has 2 fully saturated rings. The Bertz CT molecular complexity index is 1650. The average molecular weight is 571 g/mol. The summed E-state index contributed by atoms with van der Waals surface area (Å²) in [7, 11) is -8.93. The van der Waals surface area contributed by atoms with E-state index in [2.05, 4.69) is 0 Å². The largest absolute Gasteiger partial charge is 0.440 e. The SMILES string of the molecule is O=C(CS(=O)(=O)c1ccc2c(c1)OC(c1ccccc1)(c1ccccc1)O2)N1CC[C@@H]2[C@H]1C(=O)N2S(=O)(=O)O. The third-order valence-electron chi connectivity index (χ3n) is 7.11. The number of nitrogens with zero attached hydrogens (tertiary/aromatic N) is 2. The summed E-state index contributed by atoms with van der Waals surface area (Å²) in [6.07, 6.45) is 0.104. The lowest BCUT2D eigenvalue weighted by Gasteiger charge is -2.42. The van der Waals surface area contributed by atoms with Gasteiger partial charge in [-0.15, -0.1) is 0 Å². The van der Waals surface area contributed by atoms with Crippen molar-refractivity contribution in [2.75, 3.05) is 12.3 Å². The first-order chi connectivity index (χ1) is 18.5. The van der Waals surface area contributed by atoms with Crippen molar-refractivity contribution in [1.82, 2.24) is 9.21 Å². The Morgan fingerprint density at radius 3 is 2.08 bits per heavy atom. The van der Waals surface area contributed by atoms with Gasteiger partial charge >= 0.3 is 16.1 Å². The second-order valence-electron chi connectivity index (χ2n) is 9.42. The van der Waals surface area contributed by atoms with Crippen LogP contribution in [0.1, 0.15) is 17.5 Å². The van der Waals surface area contributed by atoms with E-state index < -0.39 is 55.6 Å². The van der Waals surface area contributed by atoms with Gasteiger partial charge in [-0.1, -0.05) is 60.7 Å². The highest BCUT2D eigenvalue weighted by Gasteiger charge is 2.60. The molecule has 0 spiro atoms. The highest BCUT2D eigenvalue weighted by atomic mass is 32.2. The number of sulfone groups is 1. The second-order valence-corrected chi connectivity index (χ2v) is 12.7. The van der Waals surface area contributed by atoms with Crippen LogP contribution in [0.5, 0.6) is 11.5 Å². The molecule has 0 unspecified atom stereocenters. The van der Waals surface area contributed by atoms with Gasteiger partial charge in [0, 0.05) is 23.7 Å². The topological polar surface area (TPSA) is 148 Å². The van der Waals surface area contributed by atoms with Crippen molar-refractivity contribution in [2.24, 2.45) is 0 Å². The summed E-state index contributed by atoms with van der Waals surface area (Å²) < 4.78 is 71.4. The van der Waals surface area contributed by atoms with Crippen molar-refractivity contribution < 1.29 is 40.5 Å². The fourth-order valence-electron chi connectivity index (χ4n) is 5.32. The summed E-state index contributed by atoms with van der Waals surface area (Å²) in [6, 6.07) is 20.4. The van der Waals surface area contributed by atoms with Gasteiger partial charge in [-0.3, -0.25) is 14.1 Å². The summed E-state index contributed by atoms with van der Waals surface area (Å²) in [5, 5.41) is 0. The predicted molar refractivity (Wildman–Crippen MR) is 136 cm³/mol. The van der Waals surface area contributed by atoms with Crippen molar-refractivity contribution in [2.45, 2.75) is 29.2 Å². The van der Waals surface area contributed by atoms with Gasteiger partial charge in [0.05, 0.1) is 10.9 Å². The molecule has 2 atom stereocenters. The number of hydrogen-bond acceptors (Lipinski definition) is 8. The van der Waals surface area contributed by atoms with E-state index in [0.717, 1.165) is 4.90 Å². The number of carbonyl (C=O) groups excluding carboxylic acids is 2. The molecule has 0 aliphatic carbocycles. The Hall–Kier alpha value is -3.94. The Morgan fingerprint density at radius 1 is 0.897 bits per heavy atom. The molecule has 0 bridgehead atoms. The van der Waals surface area contributed by atoms with Crippen LogP contribution >= 0.6 is 0 Å². The first-order valence-electron chi connectivity index (χ1n) is 12.0. The molecule has 3 aromatic rings. The third kappa shape index (κ3) is 4.04. The van der Waals surface area contributed by atoms with E-state index in [0.29, 0.717) is 21.2 Å². The van der Waals surface area contributed by atoms with Crippen LogP contribution in [-0.4, -0.2) is 66.8 Å². The molecule has 3 heterocycles. The zero-order valence-corrected chi connectivity index (χ0v) is 21.8. The van der Waals surface area contributed by atoms with Gasteiger partial charge in [-0.2, -0.15) is 8.42 Å². The average Bonchev–Trinajstić information content (AvgIpc) is 3.48. The highest BCUT2D eigenvalue weighted by molar-refractivity contribution is 7.92. The third-order valence-corrected chi connectivity index (χ3v) is 9.66. The molecule has 39 heavy (non-hydrogen) atoms. The maximum Gasteiger partial charge on any atom is 0.362 e. The Kier molecular flexibility index (Phi) is 5.72. The number of likely N-dealkylation sites (tertiary alicyclic amines) is 1. The molecule has 0 radical (unpaired) electrons. The summed E-state index contributed by atoms with van der Waals surface area (Å²) in [6.45, 7) is -0.0146. The fraction of sp³-hybridized carbons (Fsp3) is 0.231. The van der Waals surface area contributed by atoms with Gasteiger partial charge in [0.2, 0.25) is 5.91 Å². The molecule has 1 N–H and O–H groups in total. The van der Waals surface area contributed by atoms with Crippen molar-refractivity contribution in [3.63, 3.8) is 0 Å². The van der Waals surface area contributed by atoms with Gasteiger partial charge in [0.25, 0.3) is 5.91 Å². The Balaban J connectivity index is 1.25. The molecule has 2 amide bonds. The molecule has 2 saturated heterocycles. The van der Waals surface area contributed by atoms with Crippen LogP contribution in [0, 0.1) is 0 Å².